The second-order valence-corrected chi connectivity index (χ2v) is 8.62. The molecule has 0 spiro atoms. The zero-order valence-electron chi connectivity index (χ0n) is 13.7. The summed E-state index contributed by atoms with van der Waals surface area (Å²) >= 11 is 1.48. The Hall–Kier alpha value is -2.06. The summed E-state index contributed by atoms with van der Waals surface area (Å²) in [6.07, 6.45) is 4.01. The van der Waals surface area contributed by atoms with Crippen molar-refractivity contribution in [1.82, 2.24) is 14.4 Å². The van der Waals surface area contributed by atoms with Gasteiger partial charge in [-0.05, 0) is 68.7 Å². The fraction of sp³-hybridized carbons (Fsp3) is 0.471. The Bertz CT molecular complexity index is 1030. The van der Waals surface area contributed by atoms with Gasteiger partial charge in [-0.1, -0.05) is 0 Å². The van der Waals surface area contributed by atoms with Crippen LogP contribution in [-0.2, 0) is 4.79 Å². The molecule has 3 fully saturated rings. The number of nitrogens with one attached hydrogen (secondary N) is 3. The van der Waals surface area contributed by atoms with Crippen LogP contribution in [-0.4, -0.2) is 21.1 Å². The molecule has 0 atom stereocenters. The molecule has 5 rings (SSSR count). The zero-order valence-corrected chi connectivity index (χ0v) is 14.5. The summed E-state index contributed by atoms with van der Waals surface area (Å²) in [5, 5.41) is 0.383. The molecule has 1 aromatic heterocycles. The van der Waals surface area contributed by atoms with E-state index in [1.807, 2.05) is 6.07 Å². The predicted molar refractivity (Wildman–Crippen MR) is 95.0 cm³/mol. The number of nitrogens with zero attached hydrogens (tertiary/aromatic N) is 1. The van der Waals surface area contributed by atoms with Crippen LogP contribution >= 0.6 is 11.9 Å². The Labute approximate surface area is 147 Å². The van der Waals surface area contributed by atoms with E-state index in [2.05, 4.69) is 22.1 Å². The minimum absolute atomic E-state index is 0.170. The molecule has 0 aliphatic heterocycles. The summed E-state index contributed by atoms with van der Waals surface area (Å²) in [6.45, 7) is 2.16. The molecule has 0 saturated heterocycles. The SMILES string of the molecule is CC1(NSc2ccc3[nH]c(=O)n(NC(=O)C45CC4C5)c(=O)c3c2)CC1. The van der Waals surface area contributed by atoms with Crippen LogP contribution in [0.1, 0.15) is 32.6 Å². The van der Waals surface area contributed by atoms with Gasteiger partial charge in [0, 0.05) is 10.4 Å². The number of rotatable bonds is 5. The normalized spacial score (nSPS) is 27.6. The van der Waals surface area contributed by atoms with Crippen LogP contribution in [0.4, 0.5) is 0 Å². The molecule has 3 aliphatic rings. The summed E-state index contributed by atoms with van der Waals surface area (Å²) in [6, 6.07) is 5.33. The first-order valence-electron chi connectivity index (χ1n) is 8.45. The lowest BCUT2D eigenvalue weighted by Crippen LogP contribution is -2.44. The van der Waals surface area contributed by atoms with Crippen LogP contribution in [0.2, 0.25) is 0 Å². The smallest absolute Gasteiger partial charge is 0.305 e. The molecule has 0 unspecified atom stereocenters. The number of aromatic nitrogens is 2. The maximum absolute atomic E-state index is 12.7. The van der Waals surface area contributed by atoms with Gasteiger partial charge < -0.3 is 4.98 Å². The van der Waals surface area contributed by atoms with Gasteiger partial charge in [-0.3, -0.25) is 19.7 Å². The number of hydrogen-bond donors (Lipinski definition) is 3. The summed E-state index contributed by atoms with van der Waals surface area (Å²) in [7, 11) is 0. The van der Waals surface area contributed by atoms with Gasteiger partial charge in [0.1, 0.15) is 0 Å². The monoisotopic (exact) mass is 358 g/mol. The lowest BCUT2D eigenvalue weighted by Gasteiger charge is -2.12. The van der Waals surface area contributed by atoms with Crippen LogP contribution in [0.25, 0.3) is 10.9 Å². The number of fused-ring (bicyclic) bond motifs is 2. The molecule has 130 valence electrons. The van der Waals surface area contributed by atoms with Gasteiger partial charge >= 0.3 is 5.69 Å². The number of aromatic amines is 1. The molecule has 3 saturated carbocycles. The molecular formula is C17H18N4O3S. The van der Waals surface area contributed by atoms with Crippen molar-refractivity contribution < 1.29 is 4.79 Å². The molecule has 3 aliphatic carbocycles. The van der Waals surface area contributed by atoms with Crippen LogP contribution in [0.15, 0.2) is 32.7 Å². The van der Waals surface area contributed by atoms with Crippen molar-refractivity contribution in [3.63, 3.8) is 0 Å². The molecule has 7 nitrogen and oxygen atoms in total. The first-order chi connectivity index (χ1) is 11.9. The Morgan fingerprint density at radius 2 is 2.04 bits per heavy atom. The minimum atomic E-state index is -0.621. The summed E-state index contributed by atoms with van der Waals surface area (Å²) < 4.78 is 4.19. The highest BCUT2D eigenvalue weighted by atomic mass is 32.2. The Kier molecular flexibility index (Phi) is 2.90. The third-order valence-electron chi connectivity index (χ3n) is 5.63. The molecular weight excluding hydrogens is 340 g/mol. The average molecular weight is 358 g/mol. The van der Waals surface area contributed by atoms with Crippen LogP contribution < -0.4 is 21.4 Å². The van der Waals surface area contributed by atoms with Crippen molar-refractivity contribution in [2.45, 2.75) is 43.0 Å². The number of amides is 1. The van der Waals surface area contributed by atoms with Crippen LogP contribution in [0, 0.1) is 11.3 Å². The molecule has 0 radical (unpaired) electrons. The fourth-order valence-electron chi connectivity index (χ4n) is 3.12. The van der Waals surface area contributed by atoms with Gasteiger partial charge in [0.15, 0.2) is 0 Å². The molecule has 1 heterocycles. The lowest BCUT2D eigenvalue weighted by molar-refractivity contribution is -0.120. The van der Waals surface area contributed by atoms with E-state index in [0.717, 1.165) is 35.3 Å². The highest BCUT2D eigenvalue weighted by molar-refractivity contribution is 7.97. The molecule has 0 bridgehead atoms. The van der Waals surface area contributed by atoms with Crippen molar-refractivity contribution >= 4 is 28.8 Å². The van der Waals surface area contributed by atoms with E-state index in [0.29, 0.717) is 16.8 Å². The third-order valence-corrected chi connectivity index (χ3v) is 6.72. The number of carbonyl (C=O) groups is 1. The third kappa shape index (κ3) is 2.43. The summed E-state index contributed by atoms with van der Waals surface area (Å²) in [5.41, 5.74) is 1.71. The molecule has 8 heteroatoms. The van der Waals surface area contributed by atoms with E-state index in [1.54, 1.807) is 12.1 Å². The number of H-pyrrole nitrogens is 1. The number of hydrogen-bond acceptors (Lipinski definition) is 5. The molecule has 1 aromatic carbocycles. The summed E-state index contributed by atoms with van der Waals surface area (Å²) in [5.74, 6) is 0.221. The predicted octanol–water partition coefficient (Wildman–Crippen LogP) is 1.32. The van der Waals surface area contributed by atoms with E-state index in [9.17, 15) is 14.4 Å². The van der Waals surface area contributed by atoms with Crippen molar-refractivity contribution in [3.8, 4) is 0 Å². The summed E-state index contributed by atoms with van der Waals surface area (Å²) in [4.78, 5) is 40.7. The van der Waals surface area contributed by atoms with E-state index < -0.39 is 11.2 Å². The Morgan fingerprint density at radius 1 is 1.32 bits per heavy atom. The van der Waals surface area contributed by atoms with Crippen LogP contribution in [0.5, 0.6) is 0 Å². The van der Waals surface area contributed by atoms with E-state index in [-0.39, 0.29) is 16.9 Å². The maximum atomic E-state index is 12.7. The minimum Gasteiger partial charge on any atom is -0.305 e. The second kappa shape index (κ2) is 4.76. The van der Waals surface area contributed by atoms with Crippen LogP contribution in [0.3, 0.4) is 0 Å². The molecule has 1 amide bonds. The first-order valence-corrected chi connectivity index (χ1v) is 9.27. The van der Waals surface area contributed by atoms with Gasteiger partial charge in [0.2, 0.25) is 5.91 Å². The zero-order chi connectivity index (χ0) is 17.4. The number of carbonyl (C=O) groups excluding carboxylic acids is 1. The number of benzene rings is 1. The van der Waals surface area contributed by atoms with Crippen molar-refractivity contribution in [1.29, 1.82) is 0 Å². The first kappa shape index (κ1) is 15.2. The Morgan fingerprint density at radius 3 is 2.68 bits per heavy atom. The Balaban J connectivity index is 1.48. The van der Waals surface area contributed by atoms with Gasteiger partial charge in [0.25, 0.3) is 5.56 Å². The second-order valence-electron chi connectivity index (χ2n) is 7.75. The highest BCUT2D eigenvalue weighted by Crippen LogP contribution is 2.75. The largest absolute Gasteiger partial charge is 0.348 e. The lowest BCUT2D eigenvalue weighted by atomic mass is 10.2. The molecule has 3 N–H and O–H groups in total. The van der Waals surface area contributed by atoms with Gasteiger partial charge in [-0.25, -0.2) is 4.79 Å². The van der Waals surface area contributed by atoms with E-state index in [1.165, 1.54) is 11.9 Å². The topological polar surface area (TPSA) is 96.0 Å². The van der Waals surface area contributed by atoms with Crippen molar-refractivity contribution in [2.24, 2.45) is 11.3 Å². The molecule has 25 heavy (non-hydrogen) atoms. The standard InChI is InChI=1S/C17H18N4O3S/c1-16(4-5-16)20-25-10-2-3-12-11(6-10)13(22)21(15(24)18-12)19-14(23)17-7-9(17)8-17/h2-3,6,9,20H,4-5,7-8H2,1H3,(H,18,24)(H,19,23). The van der Waals surface area contributed by atoms with Gasteiger partial charge in [-0.15, -0.1) is 0 Å². The maximum Gasteiger partial charge on any atom is 0.348 e. The fourth-order valence-corrected chi connectivity index (χ4v) is 4.00. The van der Waals surface area contributed by atoms with Crippen molar-refractivity contribution in [3.05, 3.63) is 39.0 Å². The highest BCUT2D eigenvalue weighted by Gasteiger charge is 2.74. The average Bonchev–Trinajstić information content (AvgIpc) is 3.45. The van der Waals surface area contributed by atoms with Gasteiger partial charge in [0.05, 0.1) is 16.3 Å². The van der Waals surface area contributed by atoms with Gasteiger partial charge in [-0.2, -0.15) is 4.68 Å². The van der Waals surface area contributed by atoms with Crippen molar-refractivity contribution in [2.75, 3.05) is 5.43 Å². The molecule has 2 aromatic rings. The quantitative estimate of drug-likeness (QED) is 0.701. The van der Waals surface area contributed by atoms with E-state index in [4.69, 9.17) is 0 Å². The van der Waals surface area contributed by atoms with E-state index >= 15 is 0 Å².